The Morgan fingerprint density at radius 2 is 1.86 bits per heavy atom. The predicted octanol–water partition coefficient (Wildman–Crippen LogP) is 5.69. The van der Waals surface area contributed by atoms with Gasteiger partial charge in [0.15, 0.2) is 0 Å². The van der Waals surface area contributed by atoms with Crippen LogP contribution in [0.5, 0.6) is 0 Å². The van der Waals surface area contributed by atoms with E-state index in [1.165, 1.54) is 11.6 Å². The van der Waals surface area contributed by atoms with E-state index in [1.54, 1.807) is 6.07 Å². The summed E-state index contributed by atoms with van der Waals surface area (Å²) in [5.41, 5.74) is 4.11. The van der Waals surface area contributed by atoms with Gasteiger partial charge in [-0.1, -0.05) is 48.0 Å². The van der Waals surface area contributed by atoms with Gasteiger partial charge in [0, 0.05) is 35.0 Å². The molecule has 1 fully saturated rings. The van der Waals surface area contributed by atoms with Gasteiger partial charge in [-0.05, 0) is 30.5 Å². The van der Waals surface area contributed by atoms with Crippen molar-refractivity contribution in [2.24, 2.45) is 0 Å². The number of ether oxygens (including phenoxy) is 1. The Morgan fingerprint density at radius 3 is 2.59 bits per heavy atom. The zero-order chi connectivity index (χ0) is 20.4. The van der Waals surface area contributed by atoms with E-state index in [0.29, 0.717) is 18.5 Å². The lowest BCUT2D eigenvalue weighted by Crippen LogP contribution is -2.19. The van der Waals surface area contributed by atoms with Crippen LogP contribution in [0.1, 0.15) is 35.2 Å². The number of para-hydroxylation sites is 1. The summed E-state index contributed by atoms with van der Waals surface area (Å²) >= 11 is 0. The van der Waals surface area contributed by atoms with Crippen LogP contribution in [-0.4, -0.2) is 17.6 Å². The first-order valence-electron chi connectivity index (χ1n) is 9.48. The summed E-state index contributed by atoms with van der Waals surface area (Å²) in [6, 6.07) is 13.1. The van der Waals surface area contributed by atoms with Gasteiger partial charge < -0.3 is 9.72 Å². The van der Waals surface area contributed by atoms with Gasteiger partial charge in [0.05, 0.1) is 5.56 Å². The summed E-state index contributed by atoms with van der Waals surface area (Å²) in [6.07, 6.45) is -0.0552. The molecular weight excluding hydrogens is 379 g/mol. The first-order valence-corrected chi connectivity index (χ1v) is 9.48. The molecule has 29 heavy (non-hydrogen) atoms. The molecule has 1 aromatic heterocycles. The molecule has 4 rings (SSSR count). The lowest BCUT2D eigenvalue weighted by atomic mass is 9.99. The van der Waals surface area contributed by atoms with Crippen LogP contribution in [0.25, 0.3) is 17.0 Å². The van der Waals surface area contributed by atoms with E-state index in [9.17, 15) is 18.0 Å². The fraction of sp³-hybridized carbons (Fsp3) is 0.261. The SMILES string of the molecule is O=COC(Cc1cccc(C(F)(F)F)c1)Cc1[nH]c2ccccc2c1C=C1CC1. The summed E-state index contributed by atoms with van der Waals surface area (Å²) in [4.78, 5) is 14.4. The summed E-state index contributed by atoms with van der Waals surface area (Å²) in [5, 5.41) is 1.09. The predicted molar refractivity (Wildman–Crippen MR) is 105 cm³/mol. The van der Waals surface area contributed by atoms with Crippen LogP contribution in [0, 0.1) is 0 Å². The average molecular weight is 399 g/mol. The molecule has 0 aliphatic heterocycles. The lowest BCUT2D eigenvalue weighted by molar-refractivity contribution is -0.138. The third kappa shape index (κ3) is 4.53. The molecule has 1 unspecified atom stereocenters. The number of rotatable bonds is 7. The molecule has 1 heterocycles. The van der Waals surface area contributed by atoms with Gasteiger partial charge in [-0.3, -0.25) is 4.79 Å². The molecule has 150 valence electrons. The number of allylic oxidation sites excluding steroid dienone is 1. The monoisotopic (exact) mass is 399 g/mol. The van der Waals surface area contributed by atoms with Crippen molar-refractivity contribution in [3.63, 3.8) is 0 Å². The number of hydrogen-bond donors (Lipinski definition) is 1. The van der Waals surface area contributed by atoms with Crippen molar-refractivity contribution in [1.82, 2.24) is 4.98 Å². The fourth-order valence-corrected chi connectivity index (χ4v) is 3.58. The first-order chi connectivity index (χ1) is 13.9. The van der Waals surface area contributed by atoms with Gasteiger partial charge in [-0.15, -0.1) is 0 Å². The molecule has 0 amide bonds. The van der Waals surface area contributed by atoms with E-state index in [-0.39, 0.29) is 6.42 Å². The van der Waals surface area contributed by atoms with Crippen molar-refractivity contribution in [2.75, 3.05) is 0 Å². The second kappa shape index (κ2) is 7.78. The lowest BCUT2D eigenvalue weighted by Gasteiger charge is -2.16. The highest BCUT2D eigenvalue weighted by Gasteiger charge is 2.30. The number of carbonyl (C=O) groups excluding carboxylic acids is 1. The van der Waals surface area contributed by atoms with Crippen molar-refractivity contribution >= 4 is 23.5 Å². The number of hydrogen-bond acceptors (Lipinski definition) is 2. The molecule has 0 bridgehead atoms. The molecule has 0 spiro atoms. The number of halogens is 3. The maximum absolute atomic E-state index is 13.0. The summed E-state index contributed by atoms with van der Waals surface area (Å²) in [7, 11) is 0. The summed E-state index contributed by atoms with van der Waals surface area (Å²) in [6.45, 7) is 0.361. The number of aromatic nitrogens is 1. The van der Waals surface area contributed by atoms with E-state index >= 15 is 0 Å². The summed E-state index contributed by atoms with van der Waals surface area (Å²) in [5.74, 6) is 0. The van der Waals surface area contributed by atoms with Gasteiger partial charge >= 0.3 is 6.18 Å². The minimum absolute atomic E-state index is 0.202. The highest BCUT2D eigenvalue weighted by atomic mass is 19.4. The highest BCUT2D eigenvalue weighted by Crippen LogP contribution is 2.35. The summed E-state index contributed by atoms with van der Waals surface area (Å²) < 4.78 is 44.2. The Labute approximate surface area is 166 Å². The van der Waals surface area contributed by atoms with Crippen LogP contribution in [0.2, 0.25) is 0 Å². The van der Waals surface area contributed by atoms with E-state index in [4.69, 9.17) is 4.74 Å². The van der Waals surface area contributed by atoms with Gasteiger partial charge in [0.1, 0.15) is 6.10 Å². The van der Waals surface area contributed by atoms with Gasteiger partial charge in [-0.2, -0.15) is 13.2 Å². The number of benzene rings is 2. The Balaban J connectivity index is 1.62. The molecule has 2 aromatic carbocycles. The molecule has 1 atom stereocenters. The maximum atomic E-state index is 13.0. The second-order valence-electron chi connectivity index (χ2n) is 7.33. The molecule has 1 N–H and O–H groups in total. The third-order valence-electron chi connectivity index (χ3n) is 5.11. The second-order valence-corrected chi connectivity index (χ2v) is 7.33. The standard InChI is InChI=1S/C23H20F3NO2/c24-23(25,26)17-5-3-4-16(10-17)11-18(29-14-28)13-22-20(12-15-8-9-15)19-6-1-2-7-21(19)27-22/h1-7,10,12,14,18,27H,8-9,11,13H2. The molecule has 1 aliphatic rings. The molecule has 1 aliphatic carbocycles. The molecule has 3 aromatic rings. The normalized spacial score (nSPS) is 14.7. The van der Waals surface area contributed by atoms with Crippen molar-refractivity contribution in [1.29, 1.82) is 0 Å². The number of carbonyl (C=O) groups is 1. The van der Waals surface area contributed by atoms with Crippen LogP contribution in [0.3, 0.4) is 0 Å². The molecule has 1 saturated carbocycles. The van der Waals surface area contributed by atoms with Gasteiger partial charge in [0.2, 0.25) is 0 Å². The largest absolute Gasteiger partial charge is 0.464 e. The van der Waals surface area contributed by atoms with Crippen molar-refractivity contribution < 1.29 is 22.7 Å². The van der Waals surface area contributed by atoms with Crippen molar-refractivity contribution in [2.45, 2.75) is 38.0 Å². The highest BCUT2D eigenvalue weighted by molar-refractivity contribution is 5.91. The fourth-order valence-electron chi connectivity index (χ4n) is 3.58. The molecule has 0 saturated heterocycles. The van der Waals surface area contributed by atoms with Crippen LogP contribution >= 0.6 is 0 Å². The van der Waals surface area contributed by atoms with Crippen molar-refractivity contribution in [3.8, 4) is 0 Å². The number of alkyl halides is 3. The van der Waals surface area contributed by atoms with E-state index < -0.39 is 17.8 Å². The van der Waals surface area contributed by atoms with Crippen LogP contribution in [0.4, 0.5) is 13.2 Å². The number of H-pyrrole nitrogens is 1. The number of fused-ring (bicyclic) bond motifs is 1. The van der Waals surface area contributed by atoms with Gasteiger partial charge in [0.25, 0.3) is 6.47 Å². The number of nitrogens with one attached hydrogen (secondary N) is 1. The van der Waals surface area contributed by atoms with Crippen LogP contribution in [0.15, 0.2) is 54.1 Å². The van der Waals surface area contributed by atoms with Crippen LogP contribution < -0.4 is 0 Å². The zero-order valence-corrected chi connectivity index (χ0v) is 15.6. The first kappa shape index (κ1) is 19.3. The molecule has 6 heteroatoms. The zero-order valence-electron chi connectivity index (χ0n) is 15.6. The Hall–Kier alpha value is -3.02. The van der Waals surface area contributed by atoms with E-state index in [0.717, 1.165) is 47.1 Å². The topological polar surface area (TPSA) is 42.1 Å². The Bertz CT molecular complexity index is 1060. The Kier molecular flexibility index (Phi) is 5.18. The van der Waals surface area contributed by atoms with E-state index in [2.05, 4.69) is 11.1 Å². The molecule has 3 nitrogen and oxygen atoms in total. The van der Waals surface area contributed by atoms with E-state index in [1.807, 2.05) is 24.3 Å². The molecular formula is C23H20F3NO2. The van der Waals surface area contributed by atoms with Crippen LogP contribution in [-0.2, 0) is 28.5 Å². The van der Waals surface area contributed by atoms with Crippen molar-refractivity contribution in [3.05, 3.63) is 76.5 Å². The minimum atomic E-state index is -4.40. The Morgan fingerprint density at radius 1 is 1.07 bits per heavy atom. The van der Waals surface area contributed by atoms with Gasteiger partial charge in [-0.25, -0.2) is 0 Å². The quantitative estimate of drug-likeness (QED) is 0.519. The average Bonchev–Trinajstić information content (AvgIpc) is 3.44. The smallest absolute Gasteiger partial charge is 0.416 e. The third-order valence-corrected chi connectivity index (χ3v) is 5.11. The maximum Gasteiger partial charge on any atom is 0.416 e. The minimum Gasteiger partial charge on any atom is -0.464 e. The molecule has 0 radical (unpaired) electrons. The number of aromatic amines is 1.